The molecule has 126 valence electrons. The van der Waals surface area contributed by atoms with Crippen molar-refractivity contribution in [2.24, 2.45) is 17.8 Å². The molecule has 0 saturated heterocycles. The lowest BCUT2D eigenvalue weighted by Crippen LogP contribution is -2.24. The van der Waals surface area contributed by atoms with E-state index in [4.69, 9.17) is 4.74 Å². The van der Waals surface area contributed by atoms with E-state index in [2.05, 4.69) is 58.9 Å². The van der Waals surface area contributed by atoms with E-state index in [1.54, 1.807) is 0 Å². The Balaban J connectivity index is 2.52. The summed E-state index contributed by atoms with van der Waals surface area (Å²) in [6.45, 7) is 13.1. The molecular formula is C21H36O. The van der Waals surface area contributed by atoms with Gasteiger partial charge in [-0.1, -0.05) is 76.8 Å². The number of ether oxygens (including phenoxy) is 1. The molecule has 1 aromatic rings. The van der Waals surface area contributed by atoms with Crippen LogP contribution in [0.15, 0.2) is 24.3 Å². The second-order valence-electron chi connectivity index (χ2n) is 7.10. The standard InChI is InChI=1S/C21H36O/c1-6-8-10-21(17(3)4)20(9-7-2)16-22-15-19-13-11-18(5)12-14-19/h11-14,17,20-21H,6-10,15-16H2,1-5H3. The van der Waals surface area contributed by atoms with Crippen LogP contribution in [0.2, 0.25) is 0 Å². The predicted molar refractivity (Wildman–Crippen MR) is 97.1 cm³/mol. The maximum Gasteiger partial charge on any atom is 0.0717 e. The van der Waals surface area contributed by atoms with Crippen molar-refractivity contribution in [3.05, 3.63) is 35.4 Å². The first-order valence-corrected chi connectivity index (χ1v) is 9.21. The number of hydrogen-bond acceptors (Lipinski definition) is 1. The van der Waals surface area contributed by atoms with Crippen molar-refractivity contribution in [2.75, 3.05) is 6.61 Å². The summed E-state index contributed by atoms with van der Waals surface area (Å²) in [6.07, 6.45) is 6.55. The molecule has 0 amide bonds. The number of benzene rings is 1. The van der Waals surface area contributed by atoms with Crippen LogP contribution in [0.1, 0.15) is 70.9 Å². The van der Waals surface area contributed by atoms with Crippen molar-refractivity contribution >= 4 is 0 Å². The Hall–Kier alpha value is -0.820. The molecule has 22 heavy (non-hydrogen) atoms. The van der Waals surface area contributed by atoms with Crippen molar-refractivity contribution in [1.29, 1.82) is 0 Å². The lowest BCUT2D eigenvalue weighted by atomic mass is 9.78. The molecule has 0 aliphatic heterocycles. The first-order valence-electron chi connectivity index (χ1n) is 9.21. The van der Waals surface area contributed by atoms with Gasteiger partial charge in [0.15, 0.2) is 0 Å². The highest BCUT2D eigenvalue weighted by atomic mass is 16.5. The van der Waals surface area contributed by atoms with Gasteiger partial charge in [-0.25, -0.2) is 0 Å². The summed E-state index contributed by atoms with van der Waals surface area (Å²) < 4.78 is 6.09. The minimum atomic E-state index is 0.710. The predicted octanol–water partition coefficient (Wildman–Crippen LogP) is 6.39. The van der Waals surface area contributed by atoms with Crippen LogP contribution in [0.4, 0.5) is 0 Å². The lowest BCUT2D eigenvalue weighted by molar-refractivity contribution is 0.0476. The molecule has 0 heterocycles. The molecule has 0 aliphatic carbocycles. The van der Waals surface area contributed by atoms with Gasteiger partial charge in [0.1, 0.15) is 0 Å². The van der Waals surface area contributed by atoms with E-state index in [-0.39, 0.29) is 0 Å². The third kappa shape index (κ3) is 6.96. The van der Waals surface area contributed by atoms with Crippen molar-refractivity contribution in [1.82, 2.24) is 0 Å². The zero-order valence-electron chi connectivity index (χ0n) is 15.4. The fourth-order valence-corrected chi connectivity index (χ4v) is 3.36. The van der Waals surface area contributed by atoms with Gasteiger partial charge in [0.25, 0.3) is 0 Å². The first-order chi connectivity index (χ1) is 10.6. The summed E-state index contributed by atoms with van der Waals surface area (Å²) in [5.74, 6) is 2.27. The number of rotatable bonds is 11. The monoisotopic (exact) mass is 304 g/mol. The zero-order valence-corrected chi connectivity index (χ0v) is 15.4. The summed E-state index contributed by atoms with van der Waals surface area (Å²) in [4.78, 5) is 0. The number of aryl methyl sites for hydroxylation is 1. The topological polar surface area (TPSA) is 9.23 Å². The van der Waals surface area contributed by atoms with Crippen molar-refractivity contribution in [2.45, 2.75) is 73.3 Å². The van der Waals surface area contributed by atoms with Gasteiger partial charge >= 0.3 is 0 Å². The Morgan fingerprint density at radius 2 is 1.64 bits per heavy atom. The van der Waals surface area contributed by atoms with Gasteiger partial charge in [-0.05, 0) is 43.1 Å². The summed E-state index contributed by atoms with van der Waals surface area (Å²) >= 11 is 0. The van der Waals surface area contributed by atoms with E-state index < -0.39 is 0 Å². The molecule has 0 bridgehead atoms. The molecule has 1 rings (SSSR count). The number of hydrogen-bond donors (Lipinski definition) is 0. The second kappa shape index (κ2) is 10.8. The van der Waals surface area contributed by atoms with Crippen LogP contribution in [0.3, 0.4) is 0 Å². The molecule has 1 nitrogen and oxygen atoms in total. The van der Waals surface area contributed by atoms with Crippen LogP contribution in [-0.2, 0) is 11.3 Å². The molecule has 0 saturated carbocycles. The summed E-state index contributed by atoms with van der Waals surface area (Å²) in [5.41, 5.74) is 2.60. The summed E-state index contributed by atoms with van der Waals surface area (Å²) in [7, 11) is 0. The fraction of sp³-hybridized carbons (Fsp3) is 0.714. The smallest absolute Gasteiger partial charge is 0.0717 e. The van der Waals surface area contributed by atoms with E-state index in [9.17, 15) is 0 Å². The molecule has 1 aromatic carbocycles. The number of unbranched alkanes of at least 4 members (excludes halogenated alkanes) is 1. The van der Waals surface area contributed by atoms with Crippen LogP contribution < -0.4 is 0 Å². The molecule has 2 unspecified atom stereocenters. The Bertz CT molecular complexity index is 379. The quantitative estimate of drug-likeness (QED) is 0.460. The average molecular weight is 305 g/mol. The third-order valence-electron chi connectivity index (χ3n) is 4.73. The van der Waals surface area contributed by atoms with Gasteiger partial charge in [0, 0.05) is 0 Å². The molecule has 0 spiro atoms. The minimum absolute atomic E-state index is 0.710. The highest BCUT2D eigenvalue weighted by Crippen LogP contribution is 2.30. The van der Waals surface area contributed by atoms with Crippen LogP contribution in [0.5, 0.6) is 0 Å². The van der Waals surface area contributed by atoms with Crippen LogP contribution >= 0.6 is 0 Å². The molecule has 2 atom stereocenters. The van der Waals surface area contributed by atoms with Crippen molar-refractivity contribution in [3.63, 3.8) is 0 Å². The maximum absolute atomic E-state index is 6.09. The highest BCUT2D eigenvalue weighted by molar-refractivity contribution is 5.20. The lowest BCUT2D eigenvalue weighted by Gasteiger charge is -2.30. The van der Waals surface area contributed by atoms with Gasteiger partial charge in [0.2, 0.25) is 0 Å². The first kappa shape index (κ1) is 19.2. The Kier molecular flexibility index (Phi) is 9.47. The molecule has 0 fully saturated rings. The zero-order chi connectivity index (χ0) is 16.4. The van der Waals surface area contributed by atoms with E-state index in [1.165, 1.54) is 43.2 Å². The van der Waals surface area contributed by atoms with Gasteiger partial charge in [0.05, 0.1) is 13.2 Å². The molecule has 0 radical (unpaired) electrons. The third-order valence-corrected chi connectivity index (χ3v) is 4.73. The van der Waals surface area contributed by atoms with Crippen molar-refractivity contribution < 1.29 is 4.74 Å². The van der Waals surface area contributed by atoms with Crippen molar-refractivity contribution in [3.8, 4) is 0 Å². The Morgan fingerprint density at radius 1 is 0.955 bits per heavy atom. The fourth-order valence-electron chi connectivity index (χ4n) is 3.36. The molecule has 0 aromatic heterocycles. The molecule has 0 aliphatic rings. The normalized spacial score (nSPS) is 14.3. The highest BCUT2D eigenvalue weighted by Gasteiger charge is 2.23. The maximum atomic E-state index is 6.09. The summed E-state index contributed by atoms with van der Waals surface area (Å²) in [6, 6.07) is 8.70. The molecular weight excluding hydrogens is 268 g/mol. The van der Waals surface area contributed by atoms with Gasteiger partial charge in [-0.15, -0.1) is 0 Å². The molecule has 0 N–H and O–H groups in total. The van der Waals surface area contributed by atoms with Gasteiger partial charge < -0.3 is 4.74 Å². The molecule has 1 heteroatoms. The van der Waals surface area contributed by atoms with E-state index in [0.717, 1.165) is 25.0 Å². The average Bonchev–Trinajstić information content (AvgIpc) is 2.49. The van der Waals surface area contributed by atoms with Gasteiger partial charge in [-0.3, -0.25) is 0 Å². The van der Waals surface area contributed by atoms with E-state index in [1.807, 2.05) is 0 Å². The van der Waals surface area contributed by atoms with Crippen LogP contribution in [0, 0.1) is 24.7 Å². The van der Waals surface area contributed by atoms with Crippen LogP contribution in [-0.4, -0.2) is 6.61 Å². The Morgan fingerprint density at radius 3 is 2.18 bits per heavy atom. The van der Waals surface area contributed by atoms with E-state index >= 15 is 0 Å². The van der Waals surface area contributed by atoms with E-state index in [0.29, 0.717) is 5.92 Å². The largest absolute Gasteiger partial charge is 0.376 e. The summed E-state index contributed by atoms with van der Waals surface area (Å²) in [5, 5.41) is 0. The SMILES string of the molecule is CCCCC(C(C)C)C(CCC)COCc1ccc(C)cc1. The second-order valence-corrected chi connectivity index (χ2v) is 7.10. The Labute approximate surface area is 138 Å². The van der Waals surface area contributed by atoms with Gasteiger partial charge in [-0.2, -0.15) is 0 Å². The minimum Gasteiger partial charge on any atom is -0.376 e. The van der Waals surface area contributed by atoms with Crippen LogP contribution in [0.25, 0.3) is 0 Å².